The zero-order valence-corrected chi connectivity index (χ0v) is 15.4. The summed E-state index contributed by atoms with van der Waals surface area (Å²) in [6.45, 7) is 0.509. The Morgan fingerprint density at radius 2 is 1.86 bits per heavy atom. The second kappa shape index (κ2) is 12.8. The van der Waals surface area contributed by atoms with Gasteiger partial charge in [0.1, 0.15) is 0 Å². The van der Waals surface area contributed by atoms with Crippen LogP contribution in [0, 0.1) is 0 Å². The summed E-state index contributed by atoms with van der Waals surface area (Å²) in [4.78, 5) is 23.5. The van der Waals surface area contributed by atoms with Gasteiger partial charge in [0.25, 0.3) is 0 Å². The molecule has 0 atom stereocenters. The van der Waals surface area contributed by atoms with Gasteiger partial charge >= 0.3 is 0 Å². The number of benzene rings is 1. The number of halogens is 2. The summed E-state index contributed by atoms with van der Waals surface area (Å²) in [6.07, 6.45) is 1.93. The Hall–Kier alpha value is -0.760. The molecule has 1 aromatic carbocycles. The van der Waals surface area contributed by atoms with E-state index in [1.807, 2.05) is 18.2 Å². The third-order valence-electron chi connectivity index (χ3n) is 2.62. The lowest BCUT2D eigenvalue weighted by molar-refractivity contribution is -0.125. The Morgan fingerprint density at radius 3 is 2.55 bits per heavy atom. The van der Waals surface area contributed by atoms with Crippen molar-refractivity contribution in [3.8, 4) is 0 Å². The number of carbonyl (C=O) groups is 2. The van der Waals surface area contributed by atoms with E-state index in [4.69, 9.17) is 5.73 Å². The number of hydrogen-bond acceptors (Lipinski definition) is 4. The zero-order chi connectivity index (χ0) is 15.5. The van der Waals surface area contributed by atoms with E-state index < -0.39 is 0 Å². The first-order valence-corrected chi connectivity index (χ1v) is 8.52. The number of hydrogen-bond donors (Lipinski definition) is 3. The molecule has 0 aliphatic carbocycles. The van der Waals surface area contributed by atoms with Gasteiger partial charge < -0.3 is 16.4 Å². The first kappa shape index (κ1) is 21.2. The fraction of sp³-hybridized carbons (Fsp3) is 0.429. The van der Waals surface area contributed by atoms with Crippen LogP contribution in [0.25, 0.3) is 0 Å². The van der Waals surface area contributed by atoms with Crippen LogP contribution in [0.4, 0.5) is 0 Å². The maximum Gasteiger partial charge on any atom is 0.239 e. The fourth-order valence-electron chi connectivity index (χ4n) is 1.51. The van der Waals surface area contributed by atoms with Gasteiger partial charge in [0.2, 0.25) is 11.8 Å². The highest BCUT2D eigenvalue weighted by atomic mass is 79.9. The van der Waals surface area contributed by atoms with Gasteiger partial charge in [-0.25, -0.2) is 0 Å². The standard InChI is InChI=1S/C14H20BrN3O2S.ClH/c15-11-5-1-2-6-12(11)21-8-4-3-7-17-14(20)10-18-13(19)9-16;/h1-2,5-6H,3-4,7-10,16H2,(H,17,20)(H,18,19);1H. The predicted molar refractivity (Wildman–Crippen MR) is 96.4 cm³/mol. The Bertz CT molecular complexity index is 477. The molecule has 1 aromatic rings. The average molecular weight is 411 g/mol. The third kappa shape index (κ3) is 9.30. The molecule has 0 bridgehead atoms. The van der Waals surface area contributed by atoms with Crippen molar-refractivity contribution in [2.75, 3.05) is 25.4 Å². The van der Waals surface area contributed by atoms with Crippen LogP contribution in [0.1, 0.15) is 12.8 Å². The van der Waals surface area contributed by atoms with Crippen LogP contribution in [-0.4, -0.2) is 37.2 Å². The highest BCUT2D eigenvalue weighted by Gasteiger charge is 2.03. The molecule has 0 aromatic heterocycles. The minimum Gasteiger partial charge on any atom is -0.355 e. The van der Waals surface area contributed by atoms with E-state index in [-0.39, 0.29) is 37.3 Å². The predicted octanol–water partition coefficient (Wildman–Crippen LogP) is 1.93. The van der Waals surface area contributed by atoms with Crippen LogP contribution in [0.2, 0.25) is 0 Å². The largest absolute Gasteiger partial charge is 0.355 e. The SMILES string of the molecule is Cl.NCC(=O)NCC(=O)NCCCCSc1ccccc1Br. The highest BCUT2D eigenvalue weighted by molar-refractivity contribution is 9.10. The minimum atomic E-state index is -0.324. The summed E-state index contributed by atoms with van der Waals surface area (Å²) in [5, 5.41) is 5.19. The summed E-state index contributed by atoms with van der Waals surface area (Å²) in [6, 6.07) is 8.12. The molecular weight excluding hydrogens is 390 g/mol. The summed E-state index contributed by atoms with van der Waals surface area (Å²) in [7, 11) is 0. The van der Waals surface area contributed by atoms with E-state index in [9.17, 15) is 9.59 Å². The van der Waals surface area contributed by atoms with E-state index in [0.717, 1.165) is 23.1 Å². The molecule has 0 aliphatic heterocycles. The summed E-state index contributed by atoms with van der Waals surface area (Å²) in [5.74, 6) is 0.493. The number of amides is 2. The molecule has 0 aliphatic rings. The van der Waals surface area contributed by atoms with Crippen LogP contribution >= 0.6 is 40.1 Å². The Morgan fingerprint density at radius 1 is 1.14 bits per heavy atom. The molecule has 4 N–H and O–H groups in total. The van der Waals surface area contributed by atoms with Crippen LogP contribution < -0.4 is 16.4 Å². The smallest absolute Gasteiger partial charge is 0.239 e. The number of carbonyl (C=O) groups excluding carboxylic acids is 2. The molecule has 5 nitrogen and oxygen atoms in total. The monoisotopic (exact) mass is 409 g/mol. The second-order valence-corrected chi connectivity index (χ2v) is 6.31. The van der Waals surface area contributed by atoms with E-state index in [0.29, 0.717) is 6.54 Å². The van der Waals surface area contributed by atoms with Gasteiger partial charge in [0, 0.05) is 15.9 Å². The number of nitrogens with one attached hydrogen (secondary N) is 2. The molecule has 0 fully saturated rings. The van der Waals surface area contributed by atoms with Crippen molar-refractivity contribution in [3.63, 3.8) is 0 Å². The zero-order valence-electron chi connectivity index (χ0n) is 12.1. The van der Waals surface area contributed by atoms with Crippen molar-refractivity contribution in [1.82, 2.24) is 10.6 Å². The molecule has 22 heavy (non-hydrogen) atoms. The Balaban J connectivity index is 0.00000441. The van der Waals surface area contributed by atoms with E-state index in [2.05, 4.69) is 32.6 Å². The Labute approximate surface area is 149 Å². The molecule has 0 heterocycles. The fourth-order valence-corrected chi connectivity index (χ4v) is 3.09. The topological polar surface area (TPSA) is 84.2 Å². The van der Waals surface area contributed by atoms with Crippen molar-refractivity contribution in [2.45, 2.75) is 17.7 Å². The van der Waals surface area contributed by atoms with Gasteiger partial charge in [0.05, 0.1) is 13.1 Å². The number of nitrogens with two attached hydrogens (primary N) is 1. The molecular formula is C14H21BrClN3O2S. The summed E-state index contributed by atoms with van der Waals surface area (Å²) >= 11 is 5.30. The van der Waals surface area contributed by atoms with Crippen LogP contribution in [0.15, 0.2) is 33.6 Å². The molecule has 0 radical (unpaired) electrons. The minimum absolute atomic E-state index is 0. The van der Waals surface area contributed by atoms with Gasteiger partial charge in [-0.05, 0) is 46.7 Å². The molecule has 124 valence electrons. The normalized spacial score (nSPS) is 9.73. The van der Waals surface area contributed by atoms with Crippen molar-refractivity contribution < 1.29 is 9.59 Å². The van der Waals surface area contributed by atoms with Crippen molar-refractivity contribution in [2.24, 2.45) is 5.73 Å². The molecule has 1 rings (SSSR count). The van der Waals surface area contributed by atoms with Gasteiger partial charge in [-0.1, -0.05) is 12.1 Å². The molecule has 2 amide bonds. The van der Waals surface area contributed by atoms with Crippen LogP contribution in [0.5, 0.6) is 0 Å². The van der Waals surface area contributed by atoms with Gasteiger partial charge in [0.15, 0.2) is 0 Å². The van der Waals surface area contributed by atoms with Gasteiger partial charge in [-0.3, -0.25) is 9.59 Å². The lowest BCUT2D eigenvalue weighted by Crippen LogP contribution is -2.39. The third-order valence-corrected chi connectivity index (χ3v) is 4.73. The molecule has 8 heteroatoms. The molecule has 0 spiro atoms. The van der Waals surface area contributed by atoms with Crippen molar-refractivity contribution >= 4 is 51.9 Å². The average Bonchev–Trinajstić information content (AvgIpc) is 2.49. The lowest BCUT2D eigenvalue weighted by atomic mass is 10.3. The van der Waals surface area contributed by atoms with Crippen molar-refractivity contribution in [1.29, 1.82) is 0 Å². The van der Waals surface area contributed by atoms with E-state index >= 15 is 0 Å². The maximum atomic E-state index is 11.4. The first-order valence-electron chi connectivity index (χ1n) is 6.74. The number of rotatable bonds is 9. The molecule has 0 saturated carbocycles. The first-order chi connectivity index (χ1) is 10.1. The summed E-state index contributed by atoms with van der Waals surface area (Å²) < 4.78 is 1.11. The lowest BCUT2D eigenvalue weighted by Gasteiger charge is -2.06. The maximum absolute atomic E-state index is 11.4. The second-order valence-electron chi connectivity index (χ2n) is 4.32. The van der Waals surface area contributed by atoms with Gasteiger partial charge in [-0.15, -0.1) is 24.2 Å². The van der Waals surface area contributed by atoms with Crippen LogP contribution in [-0.2, 0) is 9.59 Å². The van der Waals surface area contributed by atoms with E-state index in [1.165, 1.54) is 4.90 Å². The van der Waals surface area contributed by atoms with Crippen LogP contribution in [0.3, 0.4) is 0 Å². The Kier molecular flexibility index (Phi) is 12.3. The number of unbranched alkanes of at least 4 members (excludes halogenated alkanes) is 1. The van der Waals surface area contributed by atoms with Crippen molar-refractivity contribution in [3.05, 3.63) is 28.7 Å². The molecule has 0 saturated heterocycles. The van der Waals surface area contributed by atoms with Gasteiger partial charge in [-0.2, -0.15) is 0 Å². The highest BCUT2D eigenvalue weighted by Crippen LogP contribution is 2.27. The summed E-state index contributed by atoms with van der Waals surface area (Å²) in [5.41, 5.74) is 5.12. The quantitative estimate of drug-likeness (QED) is 0.429. The number of thioether (sulfide) groups is 1. The van der Waals surface area contributed by atoms with E-state index in [1.54, 1.807) is 11.8 Å². The molecule has 0 unspecified atom stereocenters.